The number of esters is 1. The first-order valence-corrected chi connectivity index (χ1v) is 6.61. The van der Waals surface area contributed by atoms with Gasteiger partial charge >= 0.3 is 5.97 Å². The number of fused-ring (bicyclic) bond motifs is 2. The Bertz CT molecular complexity index is 295. The predicted octanol–water partition coefficient (Wildman–Crippen LogP) is 3.54. The van der Waals surface area contributed by atoms with Crippen molar-refractivity contribution in [1.29, 1.82) is 0 Å². The quantitative estimate of drug-likeness (QED) is 0.685. The van der Waals surface area contributed by atoms with Gasteiger partial charge in [-0.25, -0.2) is 0 Å². The molecule has 16 heavy (non-hydrogen) atoms. The van der Waals surface area contributed by atoms with Crippen molar-refractivity contribution in [3.8, 4) is 0 Å². The van der Waals surface area contributed by atoms with Crippen LogP contribution in [0.1, 0.15) is 59.8 Å². The van der Waals surface area contributed by atoms with Gasteiger partial charge in [-0.15, -0.1) is 0 Å². The smallest absolute Gasteiger partial charge is 0.306 e. The number of carbonyl (C=O) groups is 1. The van der Waals surface area contributed by atoms with Gasteiger partial charge in [0.15, 0.2) is 0 Å². The van der Waals surface area contributed by atoms with E-state index >= 15 is 0 Å². The zero-order chi connectivity index (χ0) is 12.0. The van der Waals surface area contributed by atoms with Gasteiger partial charge in [0, 0.05) is 11.8 Å². The van der Waals surface area contributed by atoms with Gasteiger partial charge < -0.3 is 4.74 Å². The lowest BCUT2D eigenvalue weighted by Gasteiger charge is -2.38. The van der Waals surface area contributed by atoms with Crippen molar-refractivity contribution in [2.24, 2.45) is 16.7 Å². The summed E-state index contributed by atoms with van der Waals surface area (Å²) in [6.45, 7) is 9.02. The lowest BCUT2D eigenvalue weighted by molar-refractivity contribution is -0.156. The van der Waals surface area contributed by atoms with Crippen LogP contribution in [0.4, 0.5) is 0 Å². The first kappa shape index (κ1) is 11.9. The molecule has 0 aliphatic heterocycles. The van der Waals surface area contributed by atoms with Crippen LogP contribution in [0.25, 0.3) is 0 Å². The fourth-order valence-corrected chi connectivity index (χ4v) is 3.73. The van der Waals surface area contributed by atoms with Crippen molar-refractivity contribution < 1.29 is 9.53 Å². The lowest BCUT2D eigenvalue weighted by atomic mass is 9.70. The molecular weight excluding hydrogens is 200 g/mol. The van der Waals surface area contributed by atoms with Gasteiger partial charge in [-0.3, -0.25) is 4.79 Å². The first-order valence-electron chi connectivity index (χ1n) is 6.61. The maximum atomic E-state index is 11.6. The number of hydrogen-bond acceptors (Lipinski definition) is 2. The number of hydrogen-bond donors (Lipinski definition) is 0. The molecule has 0 unspecified atom stereocenters. The summed E-state index contributed by atoms with van der Waals surface area (Å²) in [5.41, 5.74) is 0.547. The van der Waals surface area contributed by atoms with Crippen LogP contribution in [-0.4, -0.2) is 12.1 Å². The third kappa shape index (κ3) is 1.49. The Morgan fingerprint density at radius 1 is 1.38 bits per heavy atom. The second-order valence-corrected chi connectivity index (χ2v) is 6.34. The Balaban J connectivity index is 2.07. The van der Waals surface area contributed by atoms with Gasteiger partial charge in [-0.05, 0) is 37.0 Å². The Morgan fingerprint density at radius 3 is 2.50 bits per heavy atom. The Labute approximate surface area is 98.7 Å². The van der Waals surface area contributed by atoms with E-state index < -0.39 is 0 Å². The first-order chi connectivity index (χ1) is 7.41. The highest BCUT2D eigenvalue weighted by atomic mass is 16.5. The summed E-state index contributed by atoms with van der Waals surface area (Å²) in [5.74, 6) is 0.744. The highest BCUT2D eigenvalue weighted by Gasteiger charge is 2.62. The van der Waals surface area contributed by atoms with E-state index in [2.05, 4.69) is 20.8 Å². The van der Waals surface area contributed by atoms with Crippen LogP contribution in [-0.2, 0) is 9.53 Å². The second kappa shape index (κ2) is 3.75. The summed E-state index contributed by atoms with van der Waals surface area (Å²) in [6.07, 6.45) is 5.23. The summed E-state index contributed by atoms with van der Waals surface area (Å²) in [6, 6.07) is 0. The van der Waals surface area contributed by atoms with Gasteiger partial charge in [-0.2, -0.15) is 0 Å². The molecule has 3 atom stereocenters. The summed E-state index contributed by atoms with van der Waals surface area (Å²) < 4.78 is 5.69. The van der Waals surface area contributed by atoms with Crippen molar-refractivity contribution in [2.75, 3.05) is 0 Å². The fourth-order valence-electron chi connectivity index (χ4n) is 3.73. The Kier molecular flexibility index (Phi) is 2.80. The number of ether oxygens (including phenoxy) is 1. The third-order valence-corrected chi connectivity index (χ3v) is 5.44. The van der Waals surface area contributed by atoms with E-state index in [-0.39, 0.29) is 17.5 Å². The average Bonchev–Trinajstić information content (AvgIpc) is 2.51. The molecule has 2 saturated carbocycles. The van der Waals surface area contributed by atoms with Crippen LogP contribution < -0.4 is 0 Å². The van der Waals surface area contributed by atoms with E-state index in [1.807, 2.05) is 6.92 Å². The van der Waals surface area contributed by atoms with Gasteiger partial charge in [0.2, 0.25) is 0 Å². The van der Waals surface area contributed by atoms with E-state index in [1.165, 1.54) is 12.8 Å². The molecule has 0 radical (unpaired) electrons. The molecular formula is C14H24O2. The Morgan fingerprint density at radius 2 is 2.06 bits per heavy atom. The van der Waals surface area contributed by atoms with Crippen LogP contribution in [0, 0.1) is 16.7 Å². The van der Waals surface area contributed by atoms with Crippen LogP contribution in [0.5, 0.6) is 0 Å². The van der Waals surface area contributed by atoms with Gasteiger partial charge in [-0.1, -0.05) is 27.7 Å². The summed E-state index contributed by atoms with van der Waals surface area (Å²) in [7, 11) is 0. The normalized spacial score (nSPS) is 40.0. The summed E-state index contributed by atoms with van der Waals surface area (Å²) >= 11 is 0. The second-order valence-electron chi connectivity index (χ2n) is 6.34. The molecule has 0 spiro atoms. The van der Waals surface area contributed by atoms with Crippen LogP contribution in [0.2, 0.25) is 0 Å². The molecule has 2 heteroatoms. The van der Waals surface area contributed by atoms with Crippen LogP contribution >= 0.6 is 0 Å². The average molecular weight is 224 g/mol. The molecule has 0 aromatic rings. The van der Waals surface area contributed by atoms with E-state index in [1.54, 1.807) is 0 Å². The molecule has 0 amide bonds. The molecule has 2 aliphatic carbocycles. The summed E-state index contributed by atoms with van der Waals surface area (Å²) in [5, 5.41) is 0. The molecule has 2 rings (SSSR count). The van der Waals surface area contributed by atoms with Crippen LogP contribution in [0.15, 0.2) is 0 Å². The van der Waals surface area contributed by atoms with E-state index in [9.17, 15) is 4.79 Å². The van der Waals surface area contributed by atoms with Crippen molar-refractivity contribution in [3.05, 3.63) is 0 Å². The molecule has 2 aliphatic rings. The minimum atomic E-state index is -0.00271. The van der Waals surface area contributed by atoms with Crippen molar-refractivity contribution in [2.45, 2.75) is 65.9 Å². The monoisotopic (exact) mass is 224 g/mol. The minimum Gasteiger partial charge on any atom is -0.462 e. The van der Waals surface area contributed by atoms with E-state index in [0.29, 0.717) is 11.8 Å². The third-order valence-electron chi connectivity index (χ3n) is 5.44. The SMILES string of the molecule is CCCC(=O)O[C@@H]1C[C@H]2CC[C@]1(C)C2(C)C. The zero-order valence-corrected chi connectivity index (χ0v) is 11.0. The number of carbonyl (C=O) groups excluding carboxylic acids is 1. The summed E-state index contributed by atoms with van der Waals surface area (Å²) in [4.78, 5) is 11.6. The van der Waals surface area contributed by atoms with Crippen molar-refractivity contribution in [3.63, 3.8) is 0 Å². The molecule has 2 fully saturated rings. The molecule has 2 bridgehead atoms. The van der Waals surface area contributed by atoms with Gasteiger partial charge in [0.05, 0.1) is 0 Å². The molecule has 2 nitrogen and oxygen atoms in total. The van der Waals surface area contributed by atoms with E-state index in [0.717, 1.165) is 18.8 Å². The topological polar surface area (TPSA) is 26.3 Å². The molecule has 0 N–H and O–H groups in total. The molecule has 0 aromatic carbocycles. The molecule has 0 heterocycles. The minimum absolute atomic E-state index is 0.00271. The van der Waals surface area contributed by atoms with Crippen LogP contribution in [0.3, 0.4) is 0 Å². The standard InChI is InChI=1S/C14H24O2/c1-5-6-12(15)16-11-9-10-7-8-14(11,4)13(10,2)3/h10-11H,5-9H2,1-4H3/t10-,11-,14+/m1/s1. The fraction of sp³-hybridized carbons (Fsp3) is 0.929. The maximum Gasteiger partial charge on any atom is 0.306 e. The largest absolute Gasteiger partial charge is 0.462 e. The predicted molar refractivity (Wildman–Crippen MR) is 64.0 cm³/mol. The van der Waals surface area contributed by atoms with Gasteiger partial charge in [0.25, 0.3) is 0 Å². The highest BCUT2D eigenvalue weighted by Crippen LogP contribution is 2.66. The van der Waals surface area contributed by atoms with Crippen molar-refractivity contribution >= 4 is 5.97 Å². The Hall–Kier alpha value is -0.530. The molecule has 0 aromatic heterocycles. The zero-order valence-electron chi connectivity index (χ0n) is 11.0. The molecule has 92 valence electrons. The lowest BCUT2D eigenvalue weighted by Crippen LogP contribution is -2.38. The highest BCUT2D eigenvalue weighted by molar-refractivity contribution is 5.69. The van der Waals surface area contributed by atoms with E-state index in [4.69, 9.17) is 4.74 Å². The van der Waals surface area contributed by atoms with Gasteiger partial charge in [0.1, 0.15) is 6.10 Å². The maximum absolute atomic E-state index is 11.6. The number of rotatable bonds is 3. The molecule has 0 saturated heterocycles. The van der Waals surface area contributed by atoms with Crippen molar-refractivity contribution in [1.82, 2.24) is 0 Å².